The van der Waals surface area contributed by atoms with Gasteiger partial charge in [-0.15, -0.1) is 0 Å². The zero-order chi connectivity index (χ0) is 14.7. The van der Waals surface area contributed by atoms with Crippen molar-refractivity contribution < 1.29 is 19.0 Å². The number of halogens is 2. The standard InChI is InChI=1S/C13H12ClFN2O3/c1-19-10-6-16-11(13(17-10)20-2)12(18)8-4-3-7(14)5-9(8)15/h3-6,12,18H,1-2H3. The zero-order valence-electron chi connectivity index (χ0n) is 10.8. The van der Waals surface area contributed by atoms with Crippen LogP contribution in [-0.4, -0.2) is 29.3 Å². The molecule has 1 heterocycles. The molecule has 0 aliphatic heterocycles. The predicted molar refractivity (Wildman–Crippen MR) is 70.6 cm³/mol. The Morgan fingerprint density at radius 3 is 2.65 bits per heavy atom. The van der Waals surface area contributed by atoms with E-state index in [1.165, 1.54) is 32.5 Å². The molecule has 0 fully saturated rings. The van der Waals surface area contributed by atoms with E-state index in [0.29, 0.717) is 0 Å². The summed E-state index contributed by atoms with van der Waals surface area (Å²) in [5.74, 6) is -0.342. The van der Waals surface area contributed by atoms with Crippen LogP contribution >= 0.6 is 11.6 Å². The number of hydrogen-bond donors (Lipinski definition) is 1. The highest BCUT2D eigenvalue weighted by atomic mass is 35.5. The van der Waals surface area contributed by atoms with Gasteiger partial charge in [-0.05, 0) is 12.1 Å². The lowest BCUT2D eigenvalue weighted by atomic mass is 10.1. The summed E-state index contributed by atoms with van der Waals surface area (Å²) >= 11 is 5.67. The first kappa shape index (κ1) is 14.5. The summed E-state index contributed by atoms with van der Waals surface area (Å²) < 4.78 is 23.8. The molecule has 2 aromatic rings. The minimum atomic E-state index is -1.32. The van der Waals surface area contributed by atoms with Crippen LogP contribution in [0.5, 0.6) is 11.8 Å². The Hall–Kier alpha value is -1.92. The second-order valence-corrected chi connectivity index (χ2v) is 4.31. The molecule has 1 atom stereocenters. The Balaban J connectivity index is 2.44. The molecule has 0 saturated carbocycles. The van der Waals surface area contributed by atoms with Crippen molar-refractivity contribution >= 4 is 11.6 Å². The lowest BCUT2D eigenvalue weighted by molar-refractivity contribution is 0.202. The molecule has 0 saturated heterocycles. The van der Waals surface area contributed by atoms with Crippen molar-refractivity contribution in [1.82, 2.24) is 9.97 Å². The van der Waals surface area contributed by atoms with Gasteiger partial charge in [0.2, 0.25) is 11.8 Å². The number of methoxy groups -OCH3 is 2. The number of aliphatic hydroxyl groups is 1. The van der Waals surface area contributed by atoms with Gasteiger partial charge < -0.3 is 14.6 Å². The van der Waals surface area contributed by atoms with Gasteiger partial charge in [0.1, 0.15) is 17.6 Å². The molecule has 0 aliphatic rings. The van der Waals surface area contributed by atoms with E-state index in [2.05, 4.69) is 9.97 Å². The summed E-state index contributed by atoms with van der Waals surface area (Å²) in [5, 5.41) is 10.5. The van der Waals surface area contributed by atoms with E-state index in [1.807, 2.05) is 0 Å². The van der Waals surface area contributed by atoms with E-state index in [9.17, 15) is 9.50 Å². The van der Waals surface area contributed by atoms with Gasteiger partial charge in [0.15, 0.2) is 0 Å². The predicted octanol–water partition coefficient (Wildman–Crippen LogP) is 2.37. The monoisotopic (exact) mass is 298 g/mol. The number of rotatable bonds is 4. The Morgan fingerprint density at radius 1 is 1.30 bits per heavy atom. The molecule has 0 amide bonds. The summed E-state index contributed by atoms with van der Waals surface area (Å²) in [6.45, 7) is 0. The molecule has 0 radical (unpaired) electrons. The number of hydrogen-bond acceptors (Lipinski definition) is 5. The minimum Gasteiger partial charge on any atom is -0.480 e. The molecule has 20 heavy (non-hydrogen) atoms. The van der Waals surface area contributed by atoms with Gasteiger partial charge >= 0.3 is 0 Å². The minimum absolute atomic E-state index is 0.0344. The van der Waals surface area contributed by atoms with Crippen molar-refractivity contribution in [2.45, 2.75) is 6.10 Å². The molecule has 2 rings (SSSR count). The van der Waals surface area contributed by atoms with Crippen molar-refractivity contribution in [3.8, 4) is 11.8 Å². The second kappa shape index (κ2) is 6.02. The van der Waals surface area contributed by atoms with Crippen molar-refractivity contribution in [2.24, 2.45) is 0 Å². The van der Waals surface area contributed by atoms with Crippen LogP contribution in [0.4, 0.5) is 4.39 Å². The van der Waals surface area contributed by atoms with E-state index in [-0.39, 0.29) is 28.0 Å². The average Bonchev–Trinajstić information content (AvgIpc) is 2.46. The molecule has 1 aromatic heterocycles. The molecule has 5 nitrogen and oxygen atoms in total. The largest absolute Gasteiger partial charge is 0.480 e. The molecule has 1 unspecified atom stereocenters. The molecule has 0 aliphatic carbocycles. The molecular formula is C13H12ClFN2O3. The van der Waals surface area contributed by atoms with E-state index >= 15 is 0 Å². The summed E-state index contributed by atoms with van der Waals surface area (Å²) in [4.78, 5) is 7.99. The fourth-order valence-electron chi connectivity index (χ4n) is 1.67. The molecular weight excluding hydrogens is 287 g/mol. The van der Waals surface area contributed by atoms with Crippen LogP contribution < -0.4 is 9.47 Å². The van der Waals surface area contributed by atoms with E-state index in [1.54, 1.807) is 0 Å². The van der Waals surface area contributed by atoms with Crippen molar-refractivity contribution in [3.05, 3.63) is 46.5 Å². The summed E-state index contributed by atoms with van der Waals surface area (Å²) in [7, 11) is 2.80. The molecule has 1 aromatic carbocycles. The maximum Gasteiger partial charge on any atom is 0.241 e. The Bertz CT molecular complexity index is 625. The third kappa shape index (κ3) is 2.81. The van der Waals surface area contributed by atoms with Crippen molar-refractivity contribution in [2.75, 3.05) is 14.2 Å². The van der Waals surface area contributed by atoms with E-state index in [4.69, 9.17) is 21.1 Å². The zero-order valence-corrected chi connectivity index (χ0v) is 11.6. The van der Waals surface area contributed by atoms with Gasteiger partial charge in [0.25, 0.3) is 0 Å². The van der Waals surface area contributed by atoms with Crippen LogP contribution in [0.1, 0.15) is 17.4 Å². The van der Waals surface area contributed by atoms with Crippen LogP contribution in [0.25, 0.3) is 0 Å². The fourth-order valence-corrected chi connectivity index (χ4v) is 1.83. The number of aromatic nitrogens is 2. The quantitative estimate of drug-likeness (QED) is 0.939. The second-order valence-electron chi connectivity index (χ2n) is 3.88. The maximum absolute atomic E-state index is 13.8. The van der Waals surface area contributed by atoms with Gasteiger partial charge in [0, 0.05) is 10.6 Å². The normalized spacial score (nSPS) is 12.1. The van der Waals surface area contributed by atoms with Crippen LogP contribution in [0.15, 0.2) is 24.4 Å². The third-order valence-electron chi connectivity index (χ3n) is 2.66. The highest BCUT2D eigenvalue weighted by molar-refractivity contribution is 6.30. The SMILES string of the molecule is COc1cnc(C(O)c2ccc(Cl)cc2F)c(OC)n1. The Kier molecular flexibility index (Phi) is 4.36. The van der Waals surface area contributed by atoms with Gasteiger partial charge in [-0.2, -0.15) is 4.98 Å². The Morgan fingerprint density at radius 2 is 2.05 bits per heavy atom. The first-order valence-electron chi connectivity index (χ1n) is 5.64. The Labute approximate surface area is 120 Å². The lowest BCUT2D eigenvalue weighted by Gasteiger charge is -2.14. The van der Waals surface area contributed by atoms with Crippen LogP contribution in [0.3, 0.4) is 0 Å². The van der Waals surface area contributed by atoms with Crippen molar-refractivity contribution in [1.29, 1.82) is 0 Å². The summed E-state index contributed by atoms with van der Waals surface area (Å²) in [6.07, 6.45) is -0.00449. The van der Waals surface area contributed by atoms with Crippen LogP contribution in [0, 0.1) is 5.82 Å². The first-order chi connectivity index (χ1) is 9.56. The topological polar surface area (TPSA) is 64.5 Å². The number of ether oxygens (including phenoxy) is 2. The fraction of sp³-hybridized carbons (Fsp3) is 0.231. The van der Waals surface area contributed by atoms with Crippen molar-refractivity contribution in [3.63, 3.8) is 0 Å². The number of nitrogens with zero attached hydrogens (tertiary/aromatic N) is 2. The van der Waals surface area contributed by atoms with E-state index < -0.39 is 11.9 Å². The average molecular weight is 299 g/mol. The van der Waals surface area contributed by atoms with Gasteiger partial charge in [-0.1, -0.05) is 17.7 Å². The maximum atomic E-state index is 13.8. The molecule has 1 N–H and O–H groups in total. The molecule has 0 bridgehead atoms. The third-order valence-corrected chi connectivity index (χ3v) is 2.90. The highest BCUT2D eigenvalue weighted by Gasteiger charge is 2.22. The van der Waals surface area contributed by atoms with Gasteiger partial charge in [0.05, 0.1) is 20.4 Å². The van der Waals surface area contributed by atoms with Crippen LogP contribution in [0.2, 0.25) is 5.02 Å². The summed E-state index contributed by atoms with van der Waals surface area (Å²) in [5.41, 5.74) is 0.127. The van der Waals surface area contributed by atoms with E-state index in [0.717, 1.165) is 6.07 Å². The van der Waals surface area contributed by atoms with Gasteiger partial charge in [-0.25, -0.2) is 9.37 Å². The number of aliphatic hydroxyl groups excluding tert-OH is 1. The molecule has 0 spiro atoms. The summed E-state index contributed by atoms with van der Waals surface area (Å²) in [6, 6.07) is 3.98. The smallest absolute Gasteiger partial charge is 0.241 e. The lowest BCUT2D eigenvalue weighted by Crippen LogP contribution is -2.09. The highest BCUT2D eigenvalue weighted by Crippen LogP contribution is 2.30. The molecule has 7 heteroatoms. The number of benzene rings is 1. The van der Waals surface area contributed by atoms with Crippen LogP contribution in [-0.2, 0) is 0 Å². The first-order valence-corrected chi connectivity index (χ1v) is 6.02. The molecule has 106 valence electrons. The van der Waals surface area contributed by atoms with Gasteiger partial charge in [-0.3, -0.25) is 0 Å².